The molecule has 0 aliphatic carbocycles. The van der Waals surface area contributed by atoms with Gasteiger partial charge in [-0.1, -0.05) is 12.1 Å². The summed E-state index contributed by atoms with van der Waals surface area (Å²) in [5.74, 6) is 0.715. The predicted molar refractivity (Wildman–Crippen MR) is 74.7 cm³/mol. The maximum atomic E-state index is 11.3. The number of benzene rings is 1. The third kappa shape index (κ3) is 3.52. The normalized spacial score (nSPS) is 10.1. The lowest BCUT2D eigenvalue weighted by Crippen LogP contribution is -2.19. The van der Waals surface area contributed by atoms with E-state index in [-0.39, 0.29) is 11.6 Å². The van der Waals surface area contributed by atoms with Gasteiger partial charge in [0.1, 0.15) is 5.75 Å². The Balaban J connectivity index is 2.04. The van der Waals surface area contributed by atoms with E-state index in [9.17, 15) is 4.79 Å². The fraction of sp³-hybridized carbons (Fsp3) is 0.214. The Morgan fingerprint density at radius 2 is 1.95 bits per heavy atom. The molecule has 1 heterocycles. The number of carbonyl (C=O) groups excluding carboxylic acids is 1. The van der Waals surface area contributed by atoms with Crippen molar-refractivity contribution in [1.29, 1.82) is 0 Å². The first-order valence-electron chi connectivity index (χ1n) is 6.25. The molecule has 2 aromatic rings. The van der Waals surface area contributed by atoms with Crippen LogP contribution in [0.5, 0.6) is 11.6 Å². The van der Waals surface area contributed by atoms with Gasteiger partial charge in [0.15, 0.2) is 5.69 Å². The van der Waals surface area contributed by atoms with Crippen LogP contribution < -0.4 is 15.8 Å². The van der Waals surface area contributed by atoms with Gasteiger partial charge < -0.3 is 15.8 Å². The molecule has 0 aliphatic heterocycles. The molecule has 0 aliphatic rings. The van der Waals surface area contributed by atoms with Gasteiger partial charge in [-0.25, -0.2) is 0 Å². The van der Waals surface area contributed by atoms with Crippen molar-refractivity contribution in [2.45, 2.75) is 6.42 Å². The molecule has 0 spiro atoms. The van der Waals surface area contributed by atoms with Crippen molar-refractivity contribution in [2.75, 3.05) is 13.6 Å². The van der Waals surface area contributed by atoms with Crippen LogP contribution in [0.25, 0.3) is 0 Å². The first kappa shape index (κ1) is 14.0. The summed E-state index contributed by atoms with van der Waals surface area (Å²) in [7, 11) is 1.54. The second kappa shape index (κ2) is 6.63. The zero-order chi connectivity index (χ0) is 14.4. The second-order valence-corrected chi connectivity index (χ2v) is 4.12. The lowest BCUT2D eigenvalue weighted by Gasteiger charge is -2.05. The first-order valence-corrected chi connectivity index (χ1v) is 6.25. The summed E-state index contributed by atoms with van der Waals surface area (Å²) in [6.07, 6.45) is 0.834. The van der Waals surface area contributed by atoms with Gasteiger partial charge in [0, 0.05) is 13.1 Å². The zero-order valence-electron chi connectivity index (χ0n) is 11.2. The number of ether oxygens (including phenoxy) is 1. The van der Waals surface area contributed by atoms with E-state index in [0.29, 0.717) is 18.2 Å². The van der Waals surface area contributed by atoms with Crippen LogP contribution in [0.15, 0.2) is 36.4 Å². The van der Waals surface area contributed by atoms with E-state index in [4.69, 9.17) is 10.5 Å². The molecule has 0 unspecified atom stereocenters. The lowest BCUT2D eigenvalue weighted by molar-refractivity contribution is 0.0957. The molecule has 0 saturated heterocycles. The van der Waals surface area contributed by atoms with Crippen LogP contribution in [0.1, 0.15) is 16.1 Å². The summed E-state index contributed by atoms with van der Waals surface area (Å²) in [5, 5.41) is 10.1. The number of amides is 1. The summed E-state index contributed by atoms with van der Waals surface area (Å²) in [5.41, 5.74) is 6.89. The Bertz CT molecular complexity index is 567. The van der Waals surface area contributed by atoms with Gasteiger partial charge in [0.25, 0.3) is 5.91 Å². The van der Waals surface area contributed by atoms with Crippen LogP contribution in [0, 0.1) is 0 Å². The van der Waals surface area contributed by atoms with Crippen molar-refractivity contribution in [2.24, 2.45) is 5.73 Å². The Labute approximate surface area is 117 Å². The maximum absolute atomic E-state index is 11.3. The molecular weight excluding hydrogens is 256 g/mol. The minimum absolute atomic E-state index is 0.248. The molecule has 0 bridgehead atoms. The Hall–Kier alpha value is -2.47. The van der Waals surface area contributed by atoms with E-state index in [1.54, 1.807) is 12.1 Å². The van der Waals surface area contributed by atoms with Crippen LogP contribution in [0.4, 0.5) is 0 Å². The van der Waals surface area contributed by atoms with Crippen molar-refractivity contribution in [1.82, 2.24) is 15.5 Å². The highest BCUT2D eigenvalue weighted by Crippen LogP contribution is 2.19. The Morgan fingerprint density at radius 1 is 1.20 bits per heavy atom. The number of nitrogens with zero attached hydrogens (tertiary/aromatic N) is 2. The number of hydrogen-bond donors (Lipinski definition) is 2. The third-order valence-electron chi connectivity index (χ3n) is 2.68. The summed E-state index contributed by atoms with van der Waals surface area (Å²) < 4.78 is 5.54. The number of aromatic nitrogens is 2. The molecule has 1 amide bonds. The molecule has 20 heavy (non-hydrogen) atoms. The predicted octanol–water partition coefficient (Wildman–Crippen LogP) is 1.13. The highest BCUT2D eigenvalue weighted by Gasteiger charge is 2.06. The fourth-order valence-electron chi connectivity index (χ4n) is 1.64. The zero-order valence-corrected chi connectivity index (χ0v) is 11.2. The number of nitrogens with two attached hydrogens (primary N) is 1. The van der Waals surface area contributed by atoms with E-state index < -0.39 is 0 Å². The molecular formula is C14H16N4O2. The molecule has 1 aromatic carbocycles. The number of nitrogens with one attached hydrogen (secondary N) is 1. The molecule has 0 radical (unpaired) electrons. The monoisotopic (exact) mass is 272 g/mol. The lowest BCUT2D eigenvalue weighted by atomic mass is 10.1. The summed E-state index contributed by atoms with van der Waals surface area (Å²) >= 11 is 0. The van der Waals surface area contributed by atoms with Crippen LogP contribution in [0.2, 0.25) is 0 Å². The van der Waals surface area contributed by atoms with Crippen molar-refractivity contribution in [3.05, 3.63) is 47.7 Å². The van der Waals surface area contributed by atoms with Gasteiger partial charge in [-0.3, -0.25) is 4.79 Å². The van der Waals surface area contributed by atoms with Crippen LogP contribution >= 0.6 is 0 Å². The van der Waals surface area contributed by atoms with Crippen molar-refractivity contribution >= 4 is 5.91 Å². The second-order valence-electron chi connectivity index (χ2n) is 4.12. The number of carbonyl (C=O) groups is 1. The van der Waals surface area contributed by atoms with Crippen molar-refractivity contribution < 1.29 is 9.53 Å². The Kier molecular flexibility index (Phi) is 4.62. The van der Waals surface area contributed by atoms with Gasteiger partial charge >= 0.3 is 0 Å². The average molecular weight is 272 g/mol. The van der Waals surface area contributed by atoms with E-state index in [2.05, 4.69) is 15.5 Å². The highest BCUT2D eigenvalue weighted by atomic mass is 16.5. The molecule has 3 N–H and O–H groups in total. The van der Waals surface area contributed by atoms with Crippen molar-refractivity contribution in [3.8, 4) is 11.6 Å². The van der Waals surface area contributed by atoms with Crippen molar-refractivity contribution in [3.63, 3.8) is 0 Å². The van der Waals surface area contributed by atoms with Gasteiger partial charge in [0.05, 0.1) is 0 Å². The van der Waals surface area contributed by atoms with Gasteiger partial charge in [0.2, 0.25) is 5.88 Å². The van der Waals surface area contributed by atoms with Gasteiger partial charge in [-0.2, -0.15) is 0 Å². The van der Waals surface area contributed by atoms with Crippen LogP contribution in [-0.4, -0.2) is 29.7 Å². The molecule has 104 valence electrons. The standard InChI is InChI=1S/C14H16N4O2/c1-16-14(19)12-6-7-13(18-17-12)20-11-4-2-10(3-5-11)8-9-15/h2-7H,8-9,15H2,1H3,(H,16,19). The molecule has 0 saturated carbocycles. The molecule has 6 nitrogen and oxygen atoms in total. The molecule has 0 fully saturated rings. The van der Waals surface area contributed by atoms with E-state index in [1.165, 1.54) is 7.05 Å². The summed E-state index contributed by atoms with van der Waals surface area (Å²) in [6.45, 7) is 0.618. The minimum atomic E-state index is -0.282. The third-order valence-corrected chi connectivity index (χ3v) is 2.68. The topological polar surface area (TPSA) is 90.1 Å². The van der Waals surface area contributed by atoms with Gasteiger partial charge in [-0.05, 0) is 36.7 Å². The van der Waals surface area contributed by atoms with Crippen LogP contribution in [-0.2, 0) is 6.42 Å². The highest BCUT2D eigenvalue weighted by molar-refractivity contribution is 5.91. The smallest absolute Gasteiger partial charge is 0.271 e. The average Bonchev–Trinajstić information content (AvgIpc) is 2.49. The number of rotatable bonds is 5. The molecule has 2 rings (SSSR count). The maximum Gasteiger partial charge on any atom is 0.271 e. The minimum Gasteiger partial charge on any atom is -0.438 e. The fourth-order valence-corrected chi connectivity index (χ4v) is 1.64. The number of hydrogen-bond acceptors (Lipinski definition) is 5. The van der Waals surface area contributed by atoms with E-state index >= 15 is 0 Å². The summed E-state index contributed by atoms with van der Waals surface area (Å²) in [4.78, 5) is 11.3. The first-order chi connectivity index (χ1) is 9.72. The van der Waals surface area contributed by atoms with E-state index in [1.807, 2.05) is 24.3 Å². The van der Waals surface area contributed by atoms with Gasteiger partial charge in [-0.15, -0.1) is 10.2 Å². The van der Waals surface area contributed by atoms with E-state index in [0.717, 1.165) is 12.0 Å². The Morgan fingerprint density at radius 3 is 2.50 bits per heavy atom. The molecule has 6 heteroatoms. The SMILES string of the molecule is CNC(=O)c1ccc(Oc2ccc(CCN)cc2)nn1. The largest absolute Gasteiger partial charge is 0.438 e. The van der Waals surface area contributed by atoms with Crippen LogP contribution in [0.3, 0.4) is 0 Å². The summed E-state index contributed by atoms with van der Waals surface area (Å²) in [6, 6.07) is 10.8. The molecule has 1 aromatic heterocycles. The molecule has 0 atom stereocenters. The quantitative estimate of drug-likeness (QED) is 0.851.